The average Bonchev–Trinajstić information content (AvgIpc) is 2.15. The van der Waals surface area contributed by atoms with Gasteiger partial charge in [-0.05, 0) is 42.7 Å². The molecular formula is C11H15NO. The quantitative estimate of drug-likeness (QED) is 0.740. The van der Waals surface area contributed by atoms with Crippen LogP contribution in [-0.4, -0.2) is 11.7 Å². The summed E-state index contributed by atoms with van der Waals surface area (Å²) in [6.07, 6.45) is 1.88. The lowest BCUT2D eigenvalue weighted by molar-refractivity contribution is 0.475. The van der Waals surface area contributed by atoms with Crippen molar-refractivity contribution < 1.29 is 5.11 Å². The summed E-state index contributed by atoms with van der Waals surface area (Å²) in [5.41, 5.74) is 7.55. The van der Waals surface area contributed by atoms with Crippen molar-refractivity contribution in [1.82, 2.24) is 0 Å². The number of phenolic OH excluding ortho intramolecular Hbond substituents is 1. The van der Waals surface area contributed by atoms with Crippen LogP contribution in [0.25, 0.3) is 5.57 Å². The molecule has 2 nitrogen and oxygen atoms in total. The van der Waals surface area contributed by atoms with Crippen molar-refractivity contribution in [3.63, 3.8) is 0 Å². The normalized spacial score (nSPS) is 9.92. The Kier molecular flexibility index (Phi) is 3.53. The first-order valence-corrected chi connectivity index (χ1v) is 4.41. The van der Waals surface area contributed by atoms with E-state index < -0.39 is 0 Å². The van der Waals surface area contributed by atoms with Crippen LogP contribution in [0.5, 0.6) is 5.75 Å². The molecule has 0 aromatic heterocycles. The molecule has 1 aromatic rings. The number of hydrogen-bond acceptors (Lipinski definition) is 2. The predicted octanol–water partition coefficient (Wildman–Crippen LogP) is 2.14. The Morgan fingerprint density at radius 2 is 1.92 bits per heavy atom. The molecular weight excluding hydrogens is 162 g/mol. The molecule has 0 fully saturated rings. The topological polar surface area (TPSA) is 46.2 Å². The highest BCUT2D eigenvalue weighted by molar-refractivity contribution is 5.63. The van der Waals surface area contributed by atoms with E-state index in [0.29, 0.717) is 6.54 Å². The fourth-order valence-electron chi connectivity index (χ4n) is 1.16. The van der Waals surface area contributed by atoms with E-state index in [2.05, 4.69) is 6.58 Å². The van der Waals surface area contributed by atoms with Crippen molar-refractivity contribution in [2.45, 2.75) is 12.8 Å². The Labute approximate surface area is 78.7 Å². The van der Waals surface area contributed by atoms with Crippen LogP contribution in [0.15, 0.2) is 30.8 Å². The minimum Gasteiger partial charge on any atom is -0.508 e. The highest BCUT2D eigenvalue weighted by Gasteiger charge is 1.97. The molecule has 0 saturated heterocycles. The molecule has 0 spiro atoms. The van der Waals surface area contributed by atoms with Gasteiger partial charge in [0.15, 0.2) is 0 Å². The van der Waals surface area contributed by atoms with Crippen LogP contribution in [0.4, 0.5) is 0 Å². The van der Waals surface area contributed by atoms with E-state index in [1.54, 1.807) is 12.1 Å². The minimum absolute atomic E-state index is 0.287. The van der Waals surface area contributed by atoms with Gasteiger partial charge in [-0.15, -0.1) is 0 Å². The Morgan fingerprint density at radius 1 is 1.31 bits per heavy atom. The van der Waals surface area contributed by atoms with Gasteiger partial charge < -0.3 is 10.8 Å². The molecule has 0 bridgehead atoms. The summed E-state index contributed by atoms with van der Waals surface area (Å²) in [4.78, 5) is 0. The lowest BCUT2D eigenvalue weighted by atomic mass is 10.0. The Morgan fingerprint density at radius 3 is 2.46 bits per heavy atom. The predicted molar refractivity (Wildman–Crippen MR) is 55.4 cm³/mol. The van der Waals surface area contributed by atoms with Gasteiger partial charge >= 0.3 is 0 Å². The molecule has 2 heteroatoms. The molecule has 1 aromatic carbocycles. The van der Waals surface area contributed by atoms with Gasteiger partial charge in [0, 0.05) is 0 Å². The number of benzene rings is 1. The monoisotopic (exact) mass is 177 g/mol. The standard InChI is InChI=1S/C11H15NO/c1-9(3-2-8-12)10-4-6-11(13)7-5-10/h4-7,13H,1-3,8,12H2. The smallest absolute Gasteiger partial charge is 0.115 e. The maximum absolute atomic E-state index is 9.06. The van der Waals surface area contributed by atoms with Crippen LogP contribution in [0.3, 0.4) is 0 Å². The zero-order valence-electron chi connectivity index (χ0n) is 7.66. The summed E-state index contributed by atoms with van der Waals surface area (Å²) in [5.74, 6) is 0.287. The zero-order valence-corrected chi connectivity index (χ0v) is 7.66. The molecule has 0 aliphatic carbocycles. The largest absolute Gasteiger partial charge is 0.508 e. The minimum atomic E-state index is 0.287. The van der Waals surface area contributed by atoms with E-state index in [1.165, 1.54) is 0 Å². The first-order valence-electron chi connectivity index (χ1n) is 4.41. The molecule has 3 N–H and O–H groups in total. The van der Waals surface area contributed by atoms with E-state index in [4.69, 9.17) is 10.8 Å². The first-order chi connectivity index (χ1) is 6.24. The van der Waals surface area contributed by atoms with Crippen molar-refractivity contribution in [2.24, 2.45) is 5.73 Å². The molecule has 0 heterocycles. The van der Waals surface area contributed by atoms with Crippen LogP contribution in [0, 0.1) is 0 Å². The van der Waals surface area contributed by atoms with Gasteiger partial charge in [0.2, 0.25) is 0 Å². The molecule has 0 radical (unpaired) electrons. The van der Waals surface area contributed by atoms with Gasteiger partial charge in [-0.1, -0.05) is 18.7 Å². The molecule has 13 heavy (non-hydrogen) atoms. The molecule has 0 amide bonds. The van der Waals surface area contributed by atoms with Crippen LogP contribution in [0.2, 0.25) is 0 Å². The van der Waals surface area contributed by atoms with Gasteiger partial charge in [-0.25, -0.2) is 0 Å². The third kappa shape index (κ3) is 2.92. The van der Waals surface area contributed by atoms with E-state index >= 15 is 0 Å². The van der Waals surface area contributed by atoms with Crippen LogP contribution >= 0.6 is 0 Å². The molecule has 0 aliphatic heterocycles. The molecule has 1 rings (SSSR count). The molecule has 0 aliphatic rings. The second-order valence-electron chi connectivity index (χ2n) is 3.04. The van der Waals surface area contributed by atoms with Crippen molar-refractivity contribution in [3.8, 4) is 5.75 Å². The zero-order chi connectivity index (χ0) is 9.68. The van der Waals surface area contributed by atoms with E-state index in [0.717, 1.165) is 24.0 Å². The molecule has 70 valence electrons. The average molecular weight is 177 g/mol. The summed E-state index contributed by atoms with van der Waals surface area (Å²) >= 11 is 0. The van der Waals surface area contributed by atoms with Crippen molar-refractivity contribution in [1.29, 1.82) is 0 Å². The molecule has 0 atom stereocenters. The highest BCUT2D eigenvalue weighted by atomic mass is 16.3. The first kappa shape index (κ1) is 9.81. The van der Waals surface area contributed by atoms with E-state index in [-0.39, 0.29) is 5.75 Å². The van der Waals surface area contributed by atoms with Gasteiger partial charge in [0.25, 0.3) is 0 Å². The summed E-state index contributed by atoms with van der Waals surface area (Å²) in [6.45, 7) is 4.65. The Hall–Kier alpha value is -1.28. The lowest BCUT2D eigenvalue weighted by Crippen LogP contribution is -1.98. The number of hydrogen-bond donors (Lipinski definition) is 2. The highest BCUT2D eigenvalue weighted by Crippen LogP contribution is 2.19. The number of aromatic hydroxyl groups is 1. The third-order valence-electron chi connectivity index (χ3n) is 1.96. The van der Waals surface area contributed by atoms with Crippen molar-refractivity contribution >= 4 is 5.57 Å². The third-order valence-corrected chi connectivity index (χ3v) is 1.96. The number of rotatable bonds is 4. The summed E-state index contributed by atoms with van der Waals surface area (Å²) in [5, 5.41) is 9.06. The second-order valence-corrected chi connectivity index (χ2v) is 3.04. The molecule has 0 saturated carbocycles. The van der Waals surface area contributed by atoms with Gasteiger partial charge in [-0.3, -0.25) is 0 Å². The maximum Gasteiger partial charge on any atom is 0.115 e. The summed E-state index contributed by atoms with van der Waals surface area (Å²) < 4.78 is 0. The lowest BCUT2D eigenvalue weighted by Gasteiger charge is -2.04. The fraction of sp³-hybridized carbons (Fsp3) is 0.273. The van der Waals surface area contributed by atoms with E-state index in [9.17, 15) is 0 Å². The van der Waals surface area contributed by atoms with Crippen molar-refractivity contribution in [2.75, 3.05) is 6.54 Å². The SMILES string of the molecule is C=C(CCCN)c1ccc(O)cc1. The van der Waals surface area contributed by atoms with Crippen LogP contribution in [0.1, 0.15) is 18.4 Å². The summed E-state index contributed by atoms with van der Waals surface area (Å²) in [6, 6.07) is 7.08. The molecule has 0 unspecified atom stereocenters. The van der Waals surface area contributed by atoms with Gasteiger partial charge in [0.1, 0.15) is 5.75 Å². The fourth-order valence-corrected chi connectivity index (χ4v) is 1.16. The summed E-state index contributed by atoms with van der Waals surface area (Å²) in [7, 11) is 0. The second kappa shape index (κ2) is 4.67. The van der Waals surface area contributed by atoms with Gasteiger partial charge in [0.05, 0.1) is 0 Å². The van der Waals surface area contributed by atoms with E-state index in [1.807, 2.05) is 12.1 Å². The Balaban J connectivity index is 2.61. The number of phenols is 1. The van der Waals surface area contributed by atoms with Gasteiger partial charge in [-0.2, -0.15) is 0 Å². The van der Waals surface area contributed by atoms with Crippen molar-refractivity contribution in [3.05, 3.63) is 36.4 Å². The van der Waals surface area contributed by atoms with Crippen LogP contribution < -0.4 is 5.73 Å². The Bertz CT molecular complexity index is 277. The van der Waals surface area contributed by atoms with Crippen LogP contribution in [-0.2, 0) is 0 Å². The number of nitrogens with two attached hydrogens (primary N) is 1. The maximum atomic E-state index is 9.06. The number of allylic oxidation sites excluding steroid dienone is 1.